The second-order valence-electron chi connectivity index (χ2n) is 5.13. The molecule has 1 atom stereocenters. The molecule has 1 aromatic heterocycles. The van der Waals surface area contributed by atoms with Gasteiger partial charge < -0.3 is 10.2 Å². The van der Waals surface area contributed by atoms with Gasteiger partial charge >= 0.3 is 0 Å². The number of nitrogens with one attached hydrogen (secondary N) is 1. The van der Waals surface area contributed by atoms with Crippen LogP contribution in [0.4, 0.5) is 11.8 Å². The van der Waals surface area contributed by atoms with Crippen molar-refractivity contribution in [3.63, 3.8) is 0 Å². The van der Waals surface area contributed by atoms with Crippen molar-refractivity contribution in [1.82, 2.24) is 15.2 Å². The highest BCUT2D eigenvalue weighted by atomic mass is 15.3. The molecule has 1 unspecified atom stereocenters. The van der Waals surface area contributed by atoms with Crippen LogP contribution in [0.1, 0.15) is 33.6 Å². The number of anilines is 2. The SMILES string of the molecule is CC1CCCN(c2cnnc(NC(C)C)n2)C1. The van der Waals surface area contributed by atoms with Crippen LogP contribution in [-0.2, 0) is 0 Å². The summed E-state index contributed by atoms with van der Waals surface area (Å²) in [4.78, 5) is 6.81. The first kappa shape index (κ1) is 12.1. The molecule has 1 aliphatic rings. The zero-order valence-electron chi connectivity index (χ0n) is 10.8. The van der Waals surface area contributed by atoms with Gasteiger partial charge in [0.2, 0.25) is 5.95 Å². The van der Waals surface area contributed by atoms with Gasteiger partial charge in [0.15, 0.2) is 5.82 Å². The molecular weight excluding hydrogens is 214 g/mol. The highest BCUT2D eigenvalue weighted by Crippen LogP contribution is 2.20. The van der Waals surface area contributed by atoms with Crippen molar-refractivity contribution < 1.29 is 0 Å². The van der Waals surface area contributed by atoms with Crippen LogP contribution in [0.25, 0.3) is 0 Å². The van der Waals surface area contributed by atoms with E-state index >= 15 is 0 Å². The minimum atomic E-state index is 0.326. The highest BCUT2D eigenvalue weighted by molar-refractivity contribution is 5.40. The molecule has 1 aromatic rings. The second-order valence-corrected chi connectivity index (χ2v) is 5.13. The normalized spacial score (nSPS) is 20.7. The Morgan fingerprint density at radius 3 is 3.00 bits per heavy atom. The van der Waals surface area contributed by atoms with Crippen molar-refractivity contribution in [2.24, 2.45) is 5.92 Å². The maximum atomic E-state index is 4.51. The van der Waals surface area contributed by atoms with Crippen LogP contribution in [0.5, 0.6) is 0 Å². The second kappa shape index (κ2) is 5.29. The third kappa shape index (κ3) is 3.28. The lowest BCUT2D eigenvalue weighted by Gasteiger charge is -2.31. The average molecular weight is 235 g/mol. The number of hydrogen-bond donors (Lipinski definition) is 1. The predicted molar refractivity (Wildman–Crippen MR) is 69.2 cm³/mol. The lowest BCUT2D eigenvalue weighted by molar-refractivity contribution is 0.444. The summed E-state index contributed by atoms with van der Waals surface area (Å²) in [5, 5.41) is 11.2. The van der Waals surface area contributed by atoms with E-state index in [0.717, 1.165) is 24.8 Å². The number of nitrogens with zero attached hydrogens (tertiary/aromatic N) is 4. The van der Waals surface area contributed by atoms with Gasteiger partial charge in [-0.1, -0.05) is 6.92 Å². The van der Waals surface area contributed by atoms with E-state index in [4.69, 9.17) is 0 Å². The lowest BCUT2D eigenvalue weighted by Crippen LogP contribution is -2.35. The summed E-state index contributed by atoms with van der Waals surface area (Å²) in [6.45, 7) is 8.57. The molecular formula is C12H21N5. The molecule has 5 nitrogen and oxygen atoms in total. The molecule has 0 spiro atoms. The molecule has 1 N–H and O–H groups in total. The van der Waals surface area contributed by atoms with E-state index in [2.05, 4.69) is 46.2 Å². The van der Waals surface area contributed by atoms with E-state index in [-0.39, 0.29) is 0 Å². The molecule has 0 bridgehead atoms. The van der Waals surface area contributed by atoms with Crippen LogP contribution in [-0.4, -0.2) is 34.3 Å². The Morgan fingerprint density at radius 2 is 2.29 bits per heavy atom. The molecule has 0 amide bonds. The van der Waals surface area contributed by atoms with Crippen molar-refractivity contribution in [2.75, 3.05) is 23.3 Å². The van der Waals surface area contributed by atoms with Crippen molar-refractivity contribution >= 4 is 11.8 Å². The average Bonchev–Trinajstić information content (AvgIpc) is 2.28. The number of hydrogen-bond acceptors (Lipinski definition) is 5. The van der Waals surface area contributed by atoms with Gasteiger partial charge in [0.1, 0.15) is 0 Å². The van der Waals surface area contributed by atoms with Gasteiger partial charge in [-0.2, -0.15) is 10.1 Å². The molecule has 1 saturated heterocycles. The fourth-order valence-electron chi connectivity index (χ4n) is 2.16. The largest absolute Gasteiger partial charge is 0.355 e. The maximum absolute atomic E-state index is 4.51. The summed E-state index contributed by atoms with van der Waals surface area (Å²) in [6, 6.07) is 0.326. The highest BCUT2D eigenvalue weighted by Gasteiger charge is 2.18. The Kier molecular flexibility index (Phi) is 3.76. The minimum Gasteiger partial charge on any atom is -0.355 e. The quantitative estimate of drug-likeness (QED) is 0.867. The topological polar surface area (TPSA) is 53.9 Å². The van der Waals surface area contributed by atoms with Gasteiger partial charge in [0.05, 0.1) is 6.20 Å². The molecule has 5 heteroatoms. The molecule has 94 valence electrons. The zero-order chi connectivity index (χ0) is 12.3. The minimum absolute atomic E-state index is 0.326. The van der Waals surface area contributed by atoms with E-state index in [9.17, 15) is 0 Å². The summed E-state index contributed by atoms with van der Waals surface area (Å²) in [5.41, 5.74) is 0. The third-order valence-electron chi connectivity index (χ3n) is 2.94. The Bertz CT molecular complexity index is 366. The number of piperidine rings is 1. The first-order chi connectivity index (χ1) is 8.15. The van der Waals surface area contributed by atoms with E-state index in [1.54, 1.807) is 6.20 Å². The fraction of sp³-hybridized carbons (Fsp3) is 0.750. The van der Waals surface area contributed by atoms with Crippen LogP contribution >= 0.6 is 0 Å². The van der Waals surface area contributed by atoms with E-state index in [0.29, 0.717) is 12.0 Å². The Hall–Kier alpha value is -1.39. The van der Waals surface area contributed by atoms with Crippen molar-refractivity contribution in [3.05, 3.63) is 6.20 Å². The lowest BCUT2D eigenvalue weighted by atomic mass is 10.0. The van der Waals surface area contributed by atoms with E-state index in [1.165, 1.54) is 12.8 Å². The van der Waals surface area contributed by atoms with Crippen molar-refractivity contribution in [2.45, 2.75) is 39.7 Å². The molecule has 0 radical (unpaired) electrons. The van der Waals surface area contributed by atoms with Crippen LogP contribution in [0.3, 0.4) is 0 Å². The smallest absolute Gasteiger partial charge is 0.244 e. The molecule has 0 aliphatic carbocycles. The molecule has 1 fully saturated rings. The first-order valence-electron chi connectivity index (χ1n) is 6.36. The van der Waals surface area contributed by atoms with Gasteiger partial charge in [0, 0.05) is 19.1 Å². The monoisotopic (exact) mass is 235 g/mol. The maximum Gasteiger partial charge on any atom is 0.244 e. The molecule has 1 aliphatic heterocycles. The van der Waals surface area contributed by atoms with Crippen LogP contribution in [0.2, 0.25) is 0 Å². The molecule has 2 heterocycles. The molecule has 0 saturated carbocycles. The predicted octanol–water partition coefficient (Wildman–Crippen LogP) is 1.93. The Balaban J connectivity index is 2.09. The van der Waals surface area contributed by atoms with Crippen molar-refractivity contribution in [3.8, 4) is 0 Å². The first-order valence-corrected chi connectivity index (χ1v) is 6.36. The standard InChI is InChI=1S/C12H21N5/c1-9(2)14-12-15-11(7-13-16-12)17-6-4-5-10(3)8-17/h7,9-10H,4-6,8H2,1-3H3,(H,14,15,16). The van der Waals surface area contributed by atoms with Gasteiger partial charge in [-0.3, -0.25) is 0 Å². The van der Waals surface area contributed by atoms with E-state index < -0.39 is 0 Å². The fourth-order valence-corrected chi connectivity index (χ4v) is 2.16. The summed E-state index contributed by atoms with van der Waals surface area (Å²) in [5.74, 6) is 2.30. The van der Waals surface area contributed by atoms with Crippen LogP contribution in [0.15, 0.2) is 6.20 Å². The van der Waals surface area contributed by atoms with Crippen LogP contribution in [0, 0.1) is 5.92 Å². The Labute approximate surface area is 103 Å². The molecule has 17 heavy (non-hydrogen) atoms. The summed E-state index contributed by atoms with van der Waals surface area (Å²) >= 11 is 0. The van der Waals surface area contributed by atoms with Gasteiger partial charge in [-0.15, -0.1) is 5.10 Å². The van der Waals surface area contributed by atoms with Gasteiger partial charge in [0.25, 0.3) is 0 Å². The number of aromatic nitrogens is 3. The summed E-state index contributed by atoms with van der Waals surface area (Å²) in [7, 11) is 0. The molecule has 0 aromatic carbocycles. The van der Waals surface area contributed by atoms with Gasteiger partial charge in [-0.05, 0) is 32.6 Å². The van der Waals surface area contributed by atoms with Gasteiger partial charge in [-0.25, -0.2) is 0 Å². The summed E-state index contributed by atoms with van der Waals surface area (Å²) < 4.78 is 0. The zero-order valence-corrected chi connectivity index (χ0v) is 10.8. The number of rotatable bonds is 3. The molecule has 2 rings (SSSR count). The third-order valence-corrected chi connectivity index (χ3v) is 2.94. The Morgan fingerprint density at radius 1 is 1.47 bits per heavy atom. The summed E-state index contributed by atoms with van der Waals surface area (Å²) in [6.07, 6.45) is 4.30. The van der Waals surface area contributed by atoms with Crippen molar-refractivity contribution in [1.29, 1.82) is 0 Å². The van der Waals surface area contributed by atoms with Crippen LogP contribution < -0.4 is 10.2 Å². The van der Waals surface area contributed by atoms with E-state index in [1.807, 2.05) is 0 Å².